The lowest BCUT2D eigenvalue weighted by Crippen LogP contribution is -2.16. The molecule has 4 N–H and O–H groups in total. The number of carbonyl (C=O) groups is 1. The highest BCUT2D eigenvalue weighted by atomic mass is 16.3. The lowest BCUT2D eigenvalue weighted by molar-refractivity contribution is 0.101. The van der Waals surface area contributed by atoms with E-state index < -0.39 is 0 Å². The summed E-state index contributed by atoms with van der Waals surface area (Å²) in [6, 6.07) is 7.95. The summed E-state index contributed by atoms with van der Waals surface area (Å²) in [5.41, 5.74) is 6.15. The van der Waals surface area contributed by atoms with Gasteiger partial charge in [-0.15, -0.1) is 0 Å². The van der Waals surface area contributed by atoms with Gasteiger partial charge in [-0.05, 0) is 12.1 Å². The smallest absolute Gasteiger partial charge is 0.274 e. The molecule has 0 saturated carbocycles. The van der Waals surface area contributed by atoms with E-state index in [1.54, 1.807) is 25.2 Å². The Morgan fingerprint density at radius 1 is 1.47 bits per heavy atom. The number of amides is 1. The molecule has 0 saturated heterocycles. The minimum absolute atomic E-state index is 0.0102. The van der Waals surface area contributed by atoms with Crippen LogP contribution in [0.4, 0.5) is 11.5 Å². The van der Waals surface area contributed by atoms with Crippen LogP contribution in [-0.4, -0.2) is 20.8 Å². The van der Waals surface area contributed by atoms with Gasteiger partial charge in [0.25, 0.3) is 5.91 Å². The highest BCUT2D eigenvalue weighted by molar-refractivity contribution is 6.04. The Bertz CT molecular complexity index is 562. The first-order valence-electron chi connectivity index (χ1n) is 4.97. The monoisotopic (exact) mass is 232 g/mol. The van der Waals surface area contributed by atoms with Gasteiger partial charge in [-0.2, -0.15) is 5.10 Å². The SMILES string of the molecule is Cn1nc(N)cc1C(=O)Nc1ccccc1O. The number of nitrogen functional groups attached to an aromatic ring is 1. The summed E-state index contributed by atoms with van der Waals surface area (Å²) in [5, 5.41) is 16.0. The van der Waals surface area contributed by atoms with Crippen molar-refractivity contribution >= 4 is 17.4 Å². The van der Waals surface area contributed by atoms with E-state index in [2.05, 4.69) is 10.4 Å². The third kappa shape index (κ3) is 2.20. The highest BCUT2D eigenvalue weighted by Gasteiger charge is 2.13. The molecule has 88 valence electrons. The van der Waals surface area contributed by atoms with E-state index in [1.165, 1.54) is 16.8 Å². The summed E-state index contributed by atoms with van der Waals surface area (Å²) in [4.78, 5) is 11.9. The van der Waals surface area contributed by atoms with Crippen molar-refractivity contribution in [3.8, 4) is 5.75 Å². The molecule has 0 aliphatic carbocycles. The maximum absolute atomic E-state index is 11.9. The van der Waals surface area contributed by atoms with Crippen LogP contribution in [0.25, 0.3) is 0 Å². The standard InChI is InChI=1S/C11H12N4O2/c1-15-8(6-10(12)14-15)11(17)13-7-4-2-3-5-9(7)16/h2-6,16H,1H3,(H2,12,14)(H,13,17). The Kier molecular flexibility index (Phi) is 2.70. The lowest BCUT2D eigenvalue weighted by Gasteiger charge is -2.06. The number of aromatic nitrogens is 2. The van der Waals surface area contributed by atoms with Gasteiger partial charge in [0.1, 0.15) is 17.3 Å². The van der Waals surface area contributed by atoms with Crippen molar-refractivity contribution in [2.24, 2.45) is 7.05 Å². The Hall–Kier alpha value is -2.50. The van der Waals surface area contributed by atoms with Crippen LogP contribution in [0.5, 0.6) is 5.75 Å². The van der Waals surface area contributed by atoms with Crippen molar-refractivity contribution < 1.29 is 9.90 Å². The van der Waals surface area contributed by atoms with Gasteiger partial charge in [0.05, 0.1) is 5.69 Å². The number of phenols is 1. The summed E-state index contributed by atoms with van der Waals surface area (Å²) >= 11 is 0. The topological polar surface area (TPSA) is 93.2 Å². The van der Waals surface area contributed by atoms with Crippen LogP contribution in [0.2, 0.25) is 0 Å². The summed E-state index contributed by atoms with van der Waals surface area (Å²) in [6.07, 6.45) is 0. The Balaban J connectivity index is 2.23. The highest BCUT2D eigenvalue weighted by Crippen LogP contribution is 2.22. The van der Waals surface area contributed by atoms with Gasteiger partial charge in [0, 0.05) is 13.1 Å². The van der Waals surface area contributed by atoms with Crippen molar-refractivity contribution in [1.82, 2.24) is 9.78 Å². The second-order valence-electron chi connectivity index (χ2n) is 3.55. The molecule has 0 aliphatic rings. The van der Waals surface area contributed by atoms with Crippen LogP contribution < -0.4 is 11.1 Å². The third-order valence-corrected chi connectivity index (χ3v) is 2.28. The molecule has 1 aromatic carbocycles. The van der Waals surface area contributed by atoms with Gasteiger partial charge in [-0.25, -0.2) is 0 Å². The van der Waals surface area contributed by atoms with E-state index in [-0.39, 0.29) is 17.5 Å². The Labute approximate surface area is 97.7 Å². The number of carbonyl (C=O) groups excluding carboxylic acids is 1. The fourth-order valence-electron chi connectivity index (χ4n) is 1.47. The minimum Gasteiger partial charge on any atom is -0.506 e. The van der Waals surface area contributed by atoms with Crippen molar-refractivity contribution in [3.05, 3.63) is 36.0 Å². The van der Waals surface area contributed by atoms with E-state index >= 15 is 0 Å². The molecule has 1 amide bonds. The predicted molar refractivity (Wildman–Crippen MR) is 63.7 cm³/mol. The first kappa shape index (κ1) is 11.0. The zero-order valence-corrected chi connectivity index (χ0v) is 9.21. The number of benzene rings is 1. The first-order chi connectivity index (χ1) is 8.08. The maximum atomic E-state index is 11.9. The molecule has 0 fully saturated rings. The van der Waals surface area contributed by atoms with E-state index in [4.69, 9.17) is 5.73 Å². The van der Waals surface area contributed by atoms with Crippen molar-refractivity contribution in [3.63, 3.8) is 0 Å². The molecule has 1 aromatic heterocycles. The average molecular weight is 232 g/mol. The number of nitrogens with two attached hydrogens (primary N) is 1. The second-order valence-corrected chi connectivity index (χ2v) is 3.55. The number of aryl methyl sites for hydroxylation is 1. The summed E-state index contributed by atoms with van der Waals surface area (Å²) in [5.74, 6) is -0.0934. The molecule has 2 aromatic rings. The van der Waals surface area contributed by atoms with Crippen LogP contribution in [0.1, 0.15) is 10.5 Å². The molecule has 2 rings (SSSR count). The number of aromatic hydroxyl groups is 1. The van der Waals surface area contributed by atoms with Gasteiger partial charge in [0.2, 0.25) is 0 Å². The largest absolute Gasteiger partial charge is 0.506 e. The molecule has 1 heterocycles. The van der Waals surface area contributed by atoms with E-state index in [9.17, 15) is 9.90 Å². The van der Waals surface area contributed by atoms with E-state index in [1.807, 2.05) is 0 Å². The molecule has 6 nitrogen and oxygen atoms in total. The van der Waals surface area contributed by atoms with E-state index in [0.29, 0.717) is 11.4 Å². The molecule has 0 atom stereocenters. The Morgan fingerprint density at radius 2 is 2.18 bits per heavy atom. The molecule has 0 aliphatic heterocycles. The van der Waals surface area contributed by atoms with Gasteiger partial charge < -0.3 is 16.2 Å². The Morgan fingerprint density at radius 3 is 2.76 bits per heavy atom. The average Bonchev–Trinajstić information content (AvgIpc) is 2.61. The van der Waals surface area contributed by atoms with Crippen molar-refractivity contribution in [1.29, 1.82) is 0 Å². The van der Waals surface area contributed by atoms with Crippen LogP contribution in [0, 0.1) is 0 Å². The zero-order chi connectivity index (χ0) is 12.4. The summed E-state index contributed by atoms with van der Waals surface area (Å²) in [6.45, 7) is 0. The molecule has 0 spiro atoms. The molecule has 6 heteroatoms. The van der Waals surface area contributed by atoms with Gasteiger partial charge in [0.15, 0.2) is 0 Å². The maximum Gasteiger partial charge on any atom is 0.274 e. The summed E-state index contributed by atoms with van der Waals surface area (Å²) in [7, 11) is 1.62. The fourth-order valence-corrected chi connectivity index (χ4v) is 1.47. The van der Waals surface area contributed by atoms with Crippen LogP contribution >= 0.6 is 0 Å². The number of hydrogen-bond donors (Lipinski definition) is 3. The molecule has 0 radical (unpaired) electrons. The molecular formula is C11H12N4O2. The van der Waals surface area contributed by atoms with Gasteiger partial charge >= 0.3 is 0 Å². The molecule has 0 unspecified atom stereocenters. The number of nitrogens with one attached hydrogen (secondary N) is 1. The predicted octanol–water partition coefficient (Wildman–Crippen LogP) is 0.960. The lowest BCUT2D eigenvalue weighted by atomic mass is 10.3. The van der Waals surface area contributed by atoms with Gasteiger partial charge in [-0.3, -0.25) is 9.48 Å². The van der Waals surface area contributed by atoms with Crippen LogP contribution in [0.3, 0.4) is 0 Å². The molecule has 0 bridgehead atoms. The molecular weight excluding hydrogens is 220 g/mol. The van der Waals surface area contributed by atoms with E-state index in [0.717, 1.165) is 0 Å². The number of hydrogen-bond acceptors (Lipinski definition) is 4. The van der Waals surface area contributed by atoms with Gasteiger partial charge in [-0.1, -0.05) is 12.1 Å². The van der Waals surface area contributed by atoms with Crippen LogP contribution in [0.15, 0.2) is 30.3 Å². The number of para-hydroxylation sites is 2. The normalized spacial score (nSPS) is 10.2. The summed E-state index contributed by atoms with van der Waals surface area (Å²) < 4.78 is 1.38. The first-order valence-corrected chi connectivity index (χ1v) is 4.97. The van der Waals surface area contributed by atoms with Crippen molar-refractivity contribution in [2.45, 2.75) is 0 Å². The minimum atomic E-state index is -0.377. The molecule has 17 heavy (non-hydrogen) atoms. The van der Waals surface area contributed by atoms with Crippen LogP contribution in [-0.2, 0) is 7.05 Å². The van der Waals surface area contributed by atoms with Crippen molar-refractivity contribution in [2.75, 3.05) is 11.1 Å². The zero-order valence-electron chi connectivity index (χ0n) is 9.21. The second kappa shape index (κ2) is 4.17. The number of phenolic OH excluding ortho intramolecular Hbond substituents is 1. The quantitative estimate of drug-likeness (QED) is 0.672. The fraction of sp³-hybridized carbons (Fsp3) is 0.0909. The number of nitrogens with zero attached hydrogens (tertiary/aromatic N) is 2. The third-order valence-electron chi connectivity index (χ3n) is 2.28. The number of rotatable bonds is 2. The number of anilines is 2.